The molecule has 0 aliphatic carbocycles. The highest BCUT2D eigenvalue weighted by Gasteiger charge is 2.34. The Balaban J connectivity index is -0.000000376. The normalized spacial score (nSPS) is 14.8. The summed E-state index contributed by atoms with van der Waals surface area (Å²) in [6.45, 7) is 14.8. The average molecular weight is 387 g/mol. The van der Waals surface area contributed by atoms with Crippen molar-refractivity contribution in [3.05, 3.63) is 0 Å². The molecule has 0 saturated carbocycles. The molecule has 3 amide bonds. The zero-order valence-electron chi connectivity index (χ0n) is 18.6. The fourth-order valence-electron chi connectivity index (χ4n) is 2.09. The second kappa shape index (κ2) is 22.3. The summed E-state index contributed by atoms with van der Waals surface area (Å²) in [5, 5.41) is 2.38. The standard InChI is InChI=1S/C11H19NO2.C5H9NO2.C3H8.C2H6/c1-3-4-5-6-7-12-10(13)8-9(2)11(12)14;1-5(8)2-3-6-4-7;1-3-2;1-2/h9H,3-8H2,1-2H3;4H,2-3H2,1H3,(H,6,7);3H2,1-2H3;1-2H3. The molecule has 27 heavy (non-hydrogen) atoms. The molecule has 6 heteroatoms. The van der Waals surface area contributed by atoms with Crippen LogP contribution in [0.1, 0.15) is 93.4 Å². The Morgan fingerprint density at radius 3 is 2.07 bits per heavy atom. The molecular weight excluding hydrogens is 344 g/mol. The van der Waals surface area contributed by atoms with Gasteiger partial charge in [-0.05, 0) is 13.3 Å². The predicted molar refractivity (Wildman–Crippen MR) is 111 cm³/mol. The number of carbonyl (C=O) groups excluding carboxylic acids is 4. The number of rotatable bonds is 9. The molecule has 0 spiro atoms. The van der Waals surface area contributed by atoms with E-state index >= 15 is 0 Å². The number of Topliss-reactive ketones (excluding diaryl/α,β-unsaturated/α-hetero) is 1. The highest BCUT2D eigenvalue weighted by Crippen LogP contribution is 2.19. The number of imide groups is 1. The van der Waals surface area contributed by atoms with Crippen LogP contribution < -0.4 is 5.32 Å². The average Bonchev–Trinajstić information content (AvgIpc) is 2.87. The lowest BCUT2D eigenvalue weighted by Gasteiger charge is -2.13. The van der Waals surface area contributed by atoms with E-state index in [0.717, 1.165) is 12.8 Å². The summed E-state index contributed by atoms with van der Waals surface area (Å²) in [6.07, 6.45) is 7.11. The van der Waals surface area contributed by atoms with Crippen LogP contribution in [-0.4, -0.2) is 42.0 Å². The van der Waals surface area contributed by atoms with Crippen LogP contribution in [0, 0.1) is 5.92 Å². The van der Waals surface area contributed by atoms with E-state index in [0.29, 0.717) is 32.3 Å². The minimum Gasteiger partial charge on any atom is -0.358 e. The monoisotopic (exact) mass is 386 g/mol. The first-order valence-electron chi connectivity index (χ1n) is 10.4. The van der Waals surface area contributed by atoms with Crippen molar-refractivity contribution in [1.82, 2.24) is 10.2 Å². The van der Waals surface area contributed by atoms with Crippen molar-refractivity contribution >= 4 is 24.0 Å². The molecule has 1 heterocycles. The molecule has 1 fully saturated rings. The highest BCUT2D eigenvalue weighted by molar-refractivity contribution is 6.03. The van der Waals surface area contributed by atoms with Crippen LogP contribution in [0.3, 0.4) is 0 Å². The van der Waals surface area contributed by atoms with Crippen LogP contribution in [-0.2, 0) is 19.2 Å². The lowest BCUT2D eigenvalue weighted by atomic mass is 10.1. The molecule has 1 saturated heterocycles. The molecule has 1 atom stereocenters. The molecule has 0 aromatic rings. The molecule has 0 aromatic carbocycles. The van der Waals surface area contributed by atoms with Gasteiger partial charge in [0.15, 0.2) is 0 Å². The zero-order chi connectivity index (χ0) is 21.7. The summed E-state index contributed by atoms with van der Waals surface area (Å²) in [5.74, 6) is 0.0403. The zero-order valence-corrected chi connectivity index (χ0v) is 18.6. The Labute approximate surface area is 166 Å². The third kappa shape index (κ3) is 18.9. The molecule has 1 N–H and O–H groups in total. The minimum atomic E-state index is -0.0892. The van der Waals surface area contributed by atoms with Gasteiger partial charge in [0.25, 0.3) is 0 Å². The number of nitrogens with one attached hydrogen (secondary N) is 1. The van der Waals surface area contributed by atoms with E-state index in [1.54, 1.807) is 0 Å². The Morgan fingerprint density at radius 2 is 1.70 bits per heavy atom. The van der Waals surface area contributed by atoms with Crippen molar-refractivity contribution < 1.29 is 19.2 Å². The third-order valence-electron chi connectivity index (χ3n) is 3.41. The lowest BCUT2D eigenvalue weighted by molar-refractivity contribution is -0.139. The van der Waals surface area contributed by atoms with Gasteiger partial charge in [-0.25, -0.2) is 0 Å². The van der Waals surface area contributed by atoms with Crippen molar-refractivity contribution in [1.29, 1.82) is 0 Å². The number of carbonyl (C=O) groups is 4. The van der Waals surface area contributed by atoms with Crippen LogP contribution in [0.15, 0.2) is 0 Å². The second-order valence-electron chi connectivity index (χ2n) is 6.28. The van der Waals surface area contributed by atoms with Gasteiger partial charge in [-0.3, -0.25) is 24.1 Å². The van der Waals surface area contributed by atoms with E-state index in [4.69, 9.17) is 0 Å². The first kappa shape index (κ1) is 30.0. The molecule has 6 nitrogen and oxygen atoms in total. The highest BCUT2D eigenvalue weighted by atomic mass is 16.2. The second-order valence-corrected chi connectivity index (χ2v) is 6.28. The van der Waals surface area contributed by atoms with E-state index in [-0.39, 0.29) is 23.5 Å². The summed E-state index contributed by atoms with van der Waals surface area (Å²) in [5.41, 5.74) is 0. The maximum absolute atomic E-state index is 11.5. The van der Waals surface area contributed by atoms with E-state index in [9.17, 15) is 19.2 Å². The van der Waals surface area contributed by atoms with Gasteiger partial charge >= 0.3 is 0 Å². The van der Waals surface area contributed by atoms with Crippen LogP contribution in [0.2, 0.25) is 0 Å². The summed E-state index contributed by atoms with van der Waals surface area (Å²) in [4.78, 5) is 44.0. The molecule has 1 aliphatic rings. The molecule has 1 aliphatic heterocycles. The molecule has 0 bridgehead atoms. The van der Waals surface area contributed by atoms with Gasteiger partial charge in [0.1, 0.15) is 5.78 Å². The number of unbranched alkanes of at least 4 members (excludes halogenated alkanes) is 3. The van der Waals surface area contributed by atoms with Gasteiger partial charge in [0, 0.05) is 31.8 Å². The van der Waals surface area contributed by atoms with E-state index in [2.05, 4.69) is 26.1 Å². The largest absolute Gasteiger partial charge is 0.358 e. The van der Waals surface area contributed by atoms with E-state index in [1.807, 2.05) is 20.8 Å². The van der Waals surface area contributed by atoms with Gasteiger partial charge < -0.3 is 5.32 Å². The fourth-order valence-corrected chi connectivity index (χ4v) is 2.09. The van der Waals surface area contributed by atoms with Gasteiger partial charge in [-0.1, -0.05) is 67.2 Å². The predicted octanol–water partition coefficient (Wildman–Crippen LogP) is 4.12. The Morgan fingerprint density at radius 1 is 1.15 bits per heavy atom. The third-order valence-corrected chi connectivity index (χ3v) is 3.41. The van der Waals surface area contributed by atoms with Crippen LogP contribution in [0.4, 0.5) is 0 Å². The molecule has 160 valence electrons. The van der Waals surface area contributed by atoms with Crippen LogP contribution >= 0.6 is 0 Å². The molecule has 0 radical (unpaired) electrons. The number of hydrogen-bond acceptors (Lipinski definition) is 4. The molecular formula is C21H42N2O4. The number of hydrogen-bond donors (Lipinski definition) is 1. The summed E-state index contributed by atoms with van der Waals surface area (Å²) < 4.78 is 0. The number of amides is 3. The maximum Gasteiger partial charge on any atom is 0.232 e. The quantitative estimate of drug-likeness (QED) is 0.367. The fraction of sp³-hybridized carbons (Fsp3) is 0.810. The van der Waals surface area contributed by atoms with Gasteiger partial charge in [-0.2, -0.15) is 0 Å². The summed E-state index contributed by atoms with van der Waals surface area (Å²) in [7, 11) is 0. The van der Waals surface area contributed by atoms with E-state index < -0.39 is 0 Å². The number of likely N-dealkylation sites (tertiary alicyclic amines) is 1. The van der Waals surface area contributed by atoms with E-state index in [1.165, 1.54) is 31.1 Å². The van der Waals surface area contributed by atoms with Crippen molar-refractivity contribution in [3.63, 3.8) is 0 Å². The molecule has 0 aromatic heterocycles. The Kier molecular flexibility index (Phi) is 24.8. The van der Waals surface area contributed by atoms with Crippen molar-refractivity contribution in [2.24, 2.45) is 5.92 Å². The van der Waals surface area contributed by atoms with Crippen molar-refractivity contribution in [2.75, 3.05) is 13.1 Å². The molecule has 1 unspecified atom stereocenters. The number of ketones is 1. The SMILES string of the molecule is CC.CC(=O)CCNC=O.CCC.CCCCCCN1C(=O)CC(C)C1=O. The first-order chi connectivity index (χ1) is 12.8. The van der Waals surface area contributed by atoms with Gasteiger partial charge in [0.05, 0.1) is 0 Å². The summed E-state index contributed by atoms with van der Waals surface area (Å²) >= 11 is 0. The maximum atomic E-state index is 11.5. The smallest absolute Gasteiger partial charge is 0.232 e. The Hall–Kier alpha value is -1.72. The van der Waals surface area contributed by atoms with Crippen molar-refractivity contribution in [2.45, 2.75) is 93.4 Å². The van der Waals surface area contributed by atoms with Crippen LogP contribution in [0.25, 0.3) is 0 Å². The van der Waals surface area contributed by atoms with Gasteiger partial charge in [-0.15, -0.1) is 0 Å². The first-order valence-corrected chi connectivity index (χ1v) is 10.4. The van der Waals surface area contributed by atoms with Gasteiger partial charge in [0.2, 0.25) is 18.2 Å². The minimum absolute atomic E-state index is 0.0130. The molecule has 1 rings (SSSR count). The Bertz CT molecular complexity index is 398. The number of nitrogens with zero attached hydrogens (tertiary/aromatic N) is 1. The lowest BCUT2D eigenvalue weighted by Crippen LogP contribution is -2.31. The topological polar surface area (TPSA) is 83.6 Å². The summed E-state index contributed by atoms with van der Waals surface area (Å²) in [6, 6.07) is 0. The van der Waals surface area contributed by atoms with Crippen LogP contribution in [0.5, 0.6) is 0 Å². The van der Waals surface area contributed by atoms with Crippen molar-refractivity contribution in [3.8, 4) is 0 Å².